The number of carbonyl (C=O) groups is 2. The minimum atomic E-state index is -3.97. The Morgan fingerprint density at radius 3 is 2.44 bits per heavy atom. The Bertz CT molecular complexity index is 896. The van der Waals surface area contributed by atoms with Crippen LogP contribution in [0.25, 0.3) is 0 Å². The zero-order valence-electron chi connectivity index (χ0n) is 13.2. The molecule has 0 aromatic heterocycles. The summed E-state index contributed by atoms with van der Waals surface area (Å²) in [6, 6.07) is 15.0. The van der Waals surface area contributed by atoms with Crippen molar-refractivity contribution >= 4 is 21.8 Å². The monoisotopic (exact) mass is 360 g/mol. The number of carbonyl (C=O) groups excluding carboxylic acids is 2. The van der Waals surface area contributed by atoms with Crippen LogP contribution in [0.2, 0.25) is 0 Å². The number of hydrogen-bond donors (Lipinski definition) is 1. The van der Waals surface area contributed by atoms with Crippen LogP contribution in [0.5, 0.6) is 5.75 Å². The van der Waals surface area contributed by atoms with Gasteiger partial charge in [-0.1, -0.05) is 30.3 Å². The Balaban J connectivity index is 1.54. The normalized spacial score (nSPS) is 14.9. The molecule has 2 aromatic rings. The molecule has 25 heavy (non-hydrogen) atoms. The Morgan fingerprint density at radius 2 is 1.72 bits per heavy atom. The second-order valence-corrected chi connectivity index (χ2v) is 7.16. The van der Waals surface area contributed by atoms with Gasteiger partial charge in [0.05, 0.1) is 12.1 Å². The van der Waals surface area contributed by atoms with Gasteiger partial charge in [0, 0.05) is 0 Å². The summed E-state index contributed by atoms with van der Waals surface area (Å²) in [6.45, 7) is -0.124. The van der Waals surface area contributed by atoms with E-state index in [0.29, 0.717) is 10.1 Å². The summed E-state index contributed by atoms with van der Waals surface area (Å²) in [5, 5.41) is 2.54. The zero-order chi connectivity index (χ0) is 17.9. The van der Waals surface area contributed by atoms with Gasteiger partial charge in [-0.05, 0) is 24.3 Å². The fraction of sp³-hybridized carbons (Fsp3) is 0.176. The average Bonchev–Trinajstić information content (AvgIpc) is 2.81. The van der Waals surface area contributed by atoms with Crippen molar-refractivity contribution in [2.45, 2.75) is 4.90 Å². The average molecular weight is 360 g/mol. The molecule has 2 aromatic carbocycles. The maximum Gasteiger partial charge on any atom is 0.269 e. The number of hydrogen-bond acceptors (Lipinski definition) is 5. The largest absolute Gasteiger partial charge is 0.492 e. The number of fused-ring (bicyclic) bond motifs is 1. The molecule has 0 saturated carbocycles. The third kappa shape index (κ3) is 3.48. The molecule has 0 saturated heterocycles. The van der Waals surface area contributed by atoms with Gasteiger partial charge in [-0.15, -0.1) is 0 Å². The fourth-order valence-corrected chi connectivity index (χ4v) is 3.97. The summed E-state index contributed by atoms with van der Waals surface area (Å²) in [4.78, 5) is 24.1. The summed E-state index contributed by atoms with van der Waals surface area (Å²) in [6.07, 6.45) is 0. The van der Waals surface area contributed by atoms with Crippen LogP contribution in [0, 0.1) is 0 Å². The zero-order valence-corrected chi connectivity index (χ0v) is 14.0. The van der Waals surface area contributed by atoms with Crippen molar-refractivity contribution in [3.63, 3.8) is 0 Å². The molecule has 7 nitrogen and oxygen atoms in total. The van der Waals surface area contributed by atoms with Gasteiger partial charge in [0.2, 0.25) is 5.91 Å². The first kappa shape index (κ1) is 17.0. The van der Waals surface area contributed by atoms with E-state index in [2.05, 4.69) is 5.32 Å². The van der Waals surface area contributed by atoms with Crippen LogP contribution in [-0.4, -0.2) is 44.2 Å². The number of sulfonamides is 1. The van der Waals surface area contributed by atoms with E-state index in [1.54, 1.807) is 18.2 Å². The highest BCUT2D eigenvalue weighted by atomic mass is 32.2. The Labute approximate surface area is 145 Å². The SMILES string of the molecule is O=C(CN1C(=O)c2ccccc2S1(=O)=O)NCCOc1ccccc1. The van der Waals surface area contributed by atoms with Gasteiger partial charge in [-0.25, -0.2) is 12.7 Å². The number of ether oxygens (including phenoxy) is 1. The van der Waals surface area contributed by atoms with Crippen molar-refractivity contribution in [1.29, 1.82) is 0 Å². The molecule has 0 aliphatic carbocycles. The molecule has 1 aliphatic rings. The van der Waals surface area contributed by atoms with Crippen LogP contribution < -0.4 is 10.1 Å². The third-order valence-electron chi connectivity index (χ3n) is 3.64. The first-order valence-electron chi connectivity index (χ1n) is 7.61. The molecular formula is C17H16N2O5S. The highest BCUT2D eigenvalue weighted by Gasteiger charge is 2.41. The molecule has 130 valence electrons. The van der Waals surface area contributed by atoms with Crippen molar-refractivity contribution in [2.75, 3.05) is 19.7 Å². The van der Waals surface area contributed by atoms with Crippen molar-refractivity contribution in [3.05, 3.63) is 60.2 Å². The Morgan fingerprint density at radius 1 is 1.04 bits per heavy atom. The topological polar surface area (TPSA) is 92.8 Å². The van der Waals surface area contributed by atoms with Gasteiger partial charge in [-0.2, -0.15) is 0 Å². The predicted molar refractivity (Wildman–Crippen MR) is 89.6 cm³/mol. The molecule has 3 rings (SSSR count). The highest BCUT2D eigenvalue weighted by Crippen LogP contribution is 2.29. The second-order valence-electron chi connectivity index (χ2n) is 5.32. The van der Waals surface area contributed by atoms with Crippen molar-refractivity contribution < 1.29 is 22.7 Å². The first-order chi connectivity index (χ1) is 12.0. The first-order valence-corrected chi connectivity index (χ1v) is 9.05. The lowest BCUT2D eigenvalue weighted by molar-refractivity contribution is -0.121. The smallest absolute Gasteiger partial charge is 0.269 e. The quantitative estimate of drug-likeness (QED) is 0.777. The van der Waals surface area contributed by atoms with E-state index in [1.807, 2.05) is 18.2 Å². The number of nitrogens with zero attached hydrogens (tertiary/aromatic N) is 1. The van der Waals surface area contributed by atoms with Crippen molar-refractivity contribution in [2.24, 2.45) is 0 Å². The summed E-state index contributed by atoms with van der Waals surface area (Å²) < 4.78 is 30.7. The second kappa shape index (κ2) is 6.94. The van der Waals surface area contributed by atoms with E-state index in [1.165, 1.54) is 18.2 Å². The van der Waals surface area contributed by atoms with E-state index in [9.17, 15) is 18.0 Å². The molecule has 0 atom stereocenters. The van der Waals surface area contributed by atoms with Crippen LogP contribution in [0.1, 0.15) is 10.4 Å². The molecule has 0 fully saturated rings. The number of amides is 2. The molecule has 0 spiro atoms. The molecule has 1 aliphatic heterocycles. The molecule has 0 unspecified atom stereocenters. The van der Waals surface area contributed by atoms with Gasteiger partial charge in [0.25, 0.3) is 15.9 Å². The maximum atomic E-state index is 12.3. The van der Waals surface area contributed by atoms with Gasteiger partial charge < -0.3 is 10.1 Å². The van der Waals surface area contributed by atoms with Crippen molar-refractivity contribution in [3.8, 4) is 5.75 Å². The fourth-order valence-electron chi connectivity index (χ4n) is 2.45. The van der Waals surface area contributed by atoms with Gasteiger partial charge in [0.15, 0.2) is 0 Å². The lowest BCUT2D eigenvalue weighted by atomic mass is 10.2. The third-order valence-corrected chi connectivity index (χ3v) is 5.42. The van der Waals surface area contributed by atoms with E-state index < -0.39 is 28.4 Å². The summed E-state index contributed by atoms with van der Waals surface area (Å²) >= 11 is 0. The Hall–Kier alpha value is -2.87. The minimum absolute atomic E-state index is 0.0692. The summed E-state index contributed by atoms with van der Waals surface area (Å²) in [7, 11) is -3.97. The Kier molecular flexibility index (Phi) is 4.71. The molecule has 2 amide bonds. The van der Waals surface area contributed by atoms with Crippen LogP contribution >= 0.6 is 0 Å². The minimum Gasteiger partial charge on any atom is -0.492 e. The van der Waals surface area contributed by atoms with Crippen LogP contribution in [0.4, 0.5) is 0 Å². The molecule has 1 heterocycles. The molecule has 0 radical (unpaired) electrons. The van der Waals surface area contributed by atoms with Gasteiger partial charge in [0.1, 0.15) is 23.8 Å². The molecule has 0 bridgehead atoms. The van der Waals surface area contributed by atoms with E-state index in [4.69, 9.17) is 4.74 Å². The number of nitrogens with one attached hydrogen (secondary N) is 1. The van der Waals surface area contributed by atoms with Crippen LogP contribution in [0.15, 0.2) is 59.5 Å². The highest BCUT2D eigenvalue weighted by molar-refractivity contribution is 7.90. The summed E-state index contributed by atoms with van der Waals surface area (Å²) in [5.41, 5.74) is 0.0858. The van der Waals surface area contributed by atoms with Gasteiger partial charge >= 0.3 is 0 Å². The standard InChI is InChI=1S/C17H16N2O5S/c20-16(18-10-11-24-13-6-2-1-3-7-13)12-19-17(21)14-8-4-5-9-15(14)25(19,22)23/h1-9H,10-12H2,(H,18,20). The van der Waals surface area contributed by atoms with Crippen molar-refractivity contribution in [1.82, 2.24) is 9.62 Å². The van der Waals surface area contributed by atoms with Gasteiger partial charge in [-0.3, -0.25) is 9.59 Å². The summed E-state index contributed by atoms with van der Waals surface area (Å²) in [5.74, 6) is -0.586. The molecule has 1 N–H and O–H groups in total. The number of rotatable bonds is 6. The molecular weight excluding hydrogens is 344 g/mol. The van der Waals surface area contributed by atoms with Crippen LogP contribution in [-0.2, 0) is 14.8 Å². The number of para-hydroxylation sites is 1. The molecule has 8 heteroatoms. The van der Waals surface area contributed by atoms with E-state index in [0.717, 1.165) is 0 Å². The van der Waals surface area contributed by atoms with Crippen LogP contribution in [0.3, 0.4) is 0 Å². The van der Waals surface area contributed by atoms with E-state index >= 15 is 0 Å². The van der Waals surface area contributed by atoms with E-state index in [-0.39, 0.29) is 23.6 Å². The predicted octanol–water partition coefficient (Wildman–Crippen LogP) is 1.03. The lowest BCUT2D eigenvalue weighted by Gasteiger charge is -2.15. The lowest BCUT2D eigenvalue weighted by Crippen LogP contribution is -2.41. The number of benzene rings is 2. The maximum absolute atomic E-state index is 12.3.